The summed E-state index contributed by atoms with van der Waals surface area (Å²) < 4.78 is 12.9. The average molecular weight is 285 g/mol. The first-order valence-electron chi connectivity index (χ1n) is 7.19. The second-order valence-electron chi connectivity index (χ2n) is 5.19. The first-order chi connectivity index (χ1) is 10.1. The molecule has 110 valence electrons. The maximum Gasteiger partial charge on any atom is 0.224 e. The summed E-state index contributed by atoms with van der Waals surface area (Å²) in [6.07, 6.45) is 1.10. The summed E-state index contributed by atoms with van der Waals surface area (Å²) in [6.45, 7) is 4.10. The summed E-state index contributed by atoms with van der Waals surface area (Å²) in [5.41, 5.74) is 3.13. The Kier molecular flexibility index (Phi) is 5.09. The van der Waals surface area contributed by atoms with Crippen LogP contribution < -0.4 is 5.32 Å². The number of benzene rings is 2. The van der Waals surface area contributed by atoms with Crippen LogP contribution in [0.3, 0.4) is 0 Å². The summed E-state index contributed by atoms with van der Waals surface area (Å²) in [5, 5.41) is 3.05. The van der Waals surface area contributed by atoms with E-state index in [1.807, 2.05) is 31.2 Å². The molecule has 3 heteroatoms. The maximum absolute atomic E-state index is 12.9. The quantitative estimate of drug-likeness (QED) is 0.885. The SMILES string of the molecule is CC[C@H](NC(=O)Cc1ccc(F)cc1)c1ccccc1C. The van der Waals surface area contributed by atoms with Crippen LogP contribution in [0.15, 0.2) is 48.5 Å². The van der Waals surface area contributed by atoms with Crippen molar-refractivity contribution >= 4 is 5.91 Å². The molecule has 1 N–H and O–H groups in total. The van der Waals surface area contributed by atoms with E-state index < -0.39 is 0 Å². The third-order valence-corrected chi connectivity index (χ3v) is 3.59. The molecule has 2 rings (SSSR count). The minimum absolute atomic E-state index is 0.0131. The van der Waals surface area contributed by atoms with Crippen molar-refractivity contribution in [3.63, 3.8) is 0 Å². The highest BCUT2D eigenvalue weighted by Crippen LogP contribution is 2.20. The molecule has 0 radical (unpaired) electrons. The van der Waals surface area contributed by atoms with E-state index >= 15 is 0 Å². The first kappa shape index (κ1) is 15.2. The highest BCUT2D eigenvalue weighted by molar-refractivity contribution is 5.79. The fraction of sp³-hybridized carbons (Fsp3) is 0.278. The van der Waals surface area contributed by atoms with Gasteiger partial charge in [0, 0.05) is 0 Å². The lowest BCUT2D eigenvalue weighted by molar-refractivity contribution is -0.121. The van der Waals surface area contributed by atoms with Crippen LogP contribution >= 0.6 is 0 Å². The van der Waals surface area contributed by atoms with Crippen molar-refractivity contribution in [1.82, 2.24) is 5.32 Å². The number of hydrogen-bond donors (Lipinski definition) is 1. The summed E-state index contributed by atoms with van der Waals surface area (Å²) in [6, 6.07) is 14.1. The van der Waals surface area contributed by atoms with Gasteiger partial charge in [0.05, 0.1) is 12.5 Å². The van der Waals surface area contributed by atoms with Crippen LogP contribution in [0.5, 0.6) is 0 Å². The normalized spacial score (nSPS) is 12.0. The van der Waals surface area contributed by atoms with Gasteiger partial charge in [-0.3, -0.25) is 4.79 Å². The van der Waals surface area contributed by atoms with Crippen LogP contribution in [0.4, 0.5) is 4.39 Å². The molecule has 0 bridgehead atoms. The van der Waals surface area contributed by atoms with Crippen LogP contribution in [0.25, 0.3) is 0 Å². The second-order valence-corrected chi connectivity index (χ2v) is 5.19. The van der Waals surface area contributed by atoms with Crippen molar-refractivity contribution in [3.05, 3.63) is 71.0 Å². The lowest BCUT2D eigenvalue weighted by Gasteiger charge is -2.19. The van der Waals surface area contributed by atoms with Crippen molar-refractivity contribution in [2.75, 3.05) is 0 Å². The van der Waals surface area contributed by atoms with Gasteiger partial charge in [0.2, 0.25) is 5.91 Å². The van der Waals surface area contributed by atoms with Crippen molar-refractivity contribution in [1.29, 1.82) is 0 Å². The zero-order valence-electron chi connectivity index (χ0n) is 12.4. The Morgan fingerprint density at radius 2 is 1.81 bits per heavy atom. The van der Waals surface area contributed by atoms with Crippen LogP contribution in [0.1, 0.15) is 36.1 Å². The third kappa shape index (κ3) is 4.15. The maximum atomic E-state index is 12.9. The summed E-state index contributed by atoms with van der Waals surface area (Å²) in [7, 11) is 0. The van der Waals surface area contributed by atoms with E-state index in [1.165, 1.54) is 17.7 Å². The summed E-state index contributed by atoms with van der Waals surface area (Å²) in [5.74, 6) is -0.331. The van der Waals surface area contributed by atoms with Gasteiger partial charge in [-0.25, -0.2) is 4.39 Å². The van der Waals surface area contributed by atoms with E-state index in [4.69, 9.17) is 0 Å². The van der Waals surface area contributed by atoms with Gasteiger partial charge in [0.25, 0.3) is 0 Å². The highest BCUT2D eigenvalue weighted by Gasteiger charge is 2.14. The molecule has 0 aliphatic heterocycles. The monoisotopic (exact) mass is 285 g/mol. The van der Waals surface area contributed by atoms with Crippen LogP contribution in [-0.4, -0.2) is 5.91 Å². The Balaban J connectivity index is 2.03. The number of carbonyl (C=O) groups is 1. The van der Waals surface area contributed by atoms with Crippen molar-refractivity contribution < 1.29 is 9.18 Å². The molecule has 0 saturated carbocycles. The predicted molar refractivity (Wildman–Crippen MR) is 82.5 cm³/mol. The molecule has 21 heavy (non-hydrogen) atoms. The molecule has 0 aromatic heterocycles. The average Bonchev–Trinajstić information content (AvgIpc) is 2.48. The van der Waals surface area contributed by atoms with Gasteiger partial charge in [-0.1, -0.05) is 43.3 Å². The van der Waals surface area contributed by atoms with E-state index in [1.54, 1.807) is 12.1 Å². The molecule has 0 fully saturated rings. The lowest BCUT2D eigenvalue weighted by Crippen LogP contribution is -2.29. The van der Waals surface area contributed by atoms with Crippen LogP contribution in [0, 0.1) is 12.7 Å². The molecule has 1 atom stereocenters. The van der Waals surface area contributed by atoms with Gasteiger partial charge in [-0.05, 0) is 42.2 Å². The Morgan fingerprint density at radius 3 is 2.43 bits per heavy atom. The van der Waals surface area contributed by atoms with Gasteiger partial charge < -0.3 is 5.32 Å². The Labute approximate surface area is 125 Å². The molecule has 1 amide bonds. The Morgan fingerprint density at radius 1 is 1.14 bits per heavy atom. The zero-order chi connectivity index (χ0) is 15.2. The molecule has 0 heterocycles. The van der Waals surface area contributed by atoms with E-state index in [0.29, 0.717) is 0 Å². The van der Waals surface area contributed by atoms with Crippen molar-refractivity contribution in [2.24, 2.45) is 0 Å². The van der Waals surface area contributed by atoms with E-state index in [2.05, 4.69) is 12.2 Å². The van der Waals surface area contributed by atoms with E-state index in [9.17, 15) is 9.18 Å². The largest absolute Gasteiger partial charge is 0.349 e. The number of aryl methyl sites for hydroxylation is 1. The number of hydrogen-bond acceptors (Lipinski definition) is 1. The Bertz CT molecular complexity index is 607. The number of nitrogens with one attached hydrogen (secondary N) is 1. The molecule has 0 unspecified atom stereocenters. The first-order valence-corrected chi connectivity index (χ1v) is 7.19. The van der Waals surface area contributed by atoms with Crippen molar-refractivity contribution in [3.8, 4) is 0 Å². The number of carbonyl (C=O) groups excluding carboxylic acids is 1. The molecular formula is C18H20FNO. The predicted octanol–water partition coefficient (Wildman–Crippen LogP) is 3.94. The molecule has 2 aromatic rings. The number of amides is 1. The van der Waals surface area contributed by atoms with Crippen molar-refractivity contribution in [2.45, 2.75) is 32.7 Å². The molecule has 0 aliphatic rings. The van der Waals surface area contributed by atoms with E-state index in [-0.39, 0.29) is 24.2 Å². The topological polar surface area (TPSA) is 29.1 Å². The number of rotatable bonds is 5. The smallest absolute Gasteiger partial charge is 0.224 e. The molecule has 2 aromatic carbocycles. The second kappa shape index (κ2) is 7.02. The van der Waals surface area contributed by atoms with Crippen LogP contribution in [-0.2, 0) is 11.2 Å². The summed E-state index contributed by atoms with van der Waals surface area (Å²) in [4.78, 5) is 12.1. The van der Waals surface area contributed by atoms with Gasteiger partial charge in [0.15, 0.2) is 0 Å². The van der Waals surface area contributed by atoms with Gasteiger partial charge in [0.1, 0.15) is 5.82 Å². The Hall–Kier alpha value is -2.16. The molecular weight excluding hydrogens is 265 g/mol. The molecule has 0 saturated heterocycles. The lowest BCUT2D eigenvalue weighted by atomic mass is 9.99. The fourth-order valence-electron chi connectivity index (χ4n) is 2.41. The van der Waals surface area contributed by atoms with Gasteiger partial charge in [-0.2, -0.15) is 0 Å². The van der Waals surface area contributed by atoms with Gasteiger partial charge >= 0.3 is 0 Å². The van der Waals surface area contributed by atoms with E-state index in [0.717, 1.165) is 17.5 Å². The third-order valence-electron chi connectivity index (χ3n) is 3.59. The van der Waals surface area contributed by atoms with Crippen LogP contribution in [0.2, 0.25) is 0 Å². The molecule has 2 nitrogen and oxygen atoms in total. The number of halogens is 1. The molecule has 0 spiro atoms. The standard InChI is InChI=1S/C18H20FNO/c1-3-17(16-7-5-4-6-13(16)2)20-18(21)12-14-8-10-15(19)11-9-14/h4-11,17H,3,12H2,1-2H3,(H,20,21)/t17-/m0/s1. The summed E-state index contributed by atoms with van der Waals surface area (Å²) >= 11 is 0. The minimum atomic E-state index is -0.287. The fourth-order valence-corrected chi connectivity index (χ4v) is 2.41. The molecule has 0 aliphatic carbocycles. The van der Waals surface area contributed by atoms with Gasteiger partial charge in [-0.15, -0.1) is 0 Å². The highest BCUT2D eigenvalue weighted by atomic mass is 19.1. The zero-order valence-corrected chi connectivity index (χ0v) is 12.4. The minimum Gasteiger partial charge on any atom is -0.349 e.